The first kappa shape index (κ1) is 42.9. The third-order valence-corrected chi connectivity index (χ3v) is 14.7. The summed E-state index contributed by atoms with van der Waals surface area (Å²) in [6.45, 7) is 5.99. The maximum atomic E-state index is 15.5. The van der Waals surface area contributed by atoms with Crippen LogP contribution in [-0.4, -0.2) is 109 Å². The van der Waals surface area contributed by atoms with Gasteiger partial charge >= 0.3 is 6.03 Å². The van der Waals surface area contributed by atoms with E-state index in [-0.39, 0.29) is 54.8 Å². The Morgan fingerprint density at radius 2 is 1.67 bits per heavy atom. The molecule has 18 heteroatoms. The van der Waals surface area contributed by atoms with Crippen molar-refractivity contribution in [1.29, 1.82) is 0 Å². The smallest absolute Gasteiger partial charge is 0.329 e. The van der Waals surface area contributed by atoms with Crippen molar-refractivity contribution in [2.45, 2.75) is 89.8 Å². The molecule has 0 radical (unpaired) electrons. The molecule has 1 N–H and O–H groups in total. The van der Waals surface area contributed by atoms with Crippen LogP contribution in [0, 0.1) is 0 Å². The standard InChI is InChI=1S/C49H53F2N11O5/c1-29(63)58-18-10-41-39(27-58)48(55-62(41)33-12-20-67-21-13-33)60-15-3-4-32-22-35(36(46(50)51)24-42(32)60)38-26-59(40-7-14-52-25-37(38)40)28-45(65)57-16-8-30(9-17-57)31-5-6-34-43(23-31)56(2)54-47(34)61-19-11-44(64)53-49(61)66/h5-7,14,22-26,30,33,46H,3-4,8-13,15-21,27-28H2,1-2H3,(H,53,64,66). The monoisotopic (exact) mass is 913 g/mol. The second-order valence-corrected chi connectivity index (χ2v) is 18.5. The van der Waals surface area contributed by atoms with Gasteiger partial charge in [-0.2, -0.15) is 10.2 Å². The summed E-state index contributed by atoms with van der Waals surface area (Å²) in [6, 6.07) is 11.2. The Bertz CT molecular complexity index is 2960. The Kier molecular flexibility index (Phi) is 11.0. The van der Waals surface area contributed by atoms with Crippen molar-refractivity contribution in [2.75, 3.05) is 55.7 Å². The molecule has 3 fully saturated rings. The predicted molar refractivity (Wildman–Crippen MR) is 246 cm³/mol. The summed E-state index contributed by atoms with van der Waals surface area (Å²) in [4.78, 5) is 62.8. The molecule has 67 heavy (non-hydrogen) atoms. The number of fused-ring (bicyclic) bond motifs is 4. The molecule has 3 saturated heterocycles. The maximum Gasteiger partial charge on any atom is 0.329 e. The van der Waals surface area contributed by atoms with Crippen LogP contribution in [0.25, 0.3) is 32.9 Å². The van der Waals surface area contributed by atoms with Gasteiger partial charge in [0.25, 0.3) is 6.43 Å². The number of nitrogens with zero attached hydrogens (tertiary/aromatic N) is 10. The van der Waals surface area contributed by atoms with Crippen LogP contribution in [0.1, 0.15) is 91.8 Å². The lowest BCUT2D eigenvalue weighted by Crippen LogP contribution is -2.49. The molecule has 4 aromatic heterocycles. The second-order valence-electron chi connectivity index (χ2n) is 18.5. The zero-order valence-corrected chi connectivity index (χ0v) is 37.7. The highest BCUT2D eigenvalue weighted by Gasteiger charge is 2.35. The number of rotatable bonds is 8. The first-order valence-corrected chi connectivity index (χ1v) is 23.5. The average molecular weight is 914 g/mol. The lowest BCUT2D eigenvalue weighted by Gasteiger charge is -2.33. The number of pyridine rings is 1. The van der Waals surface area contributed by atoms with E-state index >= 15 is 8.78 Å². The number of urea groups is 1. The van der Waals surface area contributed by atoms with Crippen LogP contribution in [0.3, 0.4) is 0 Å². The van der Waals surface area contributed by atoms with E-state index in [1.807, 2.05) is 45.8 Å². The Hall–Kier alpha value is -6.69. The number of carbonyl (C=O) groups is 4. The van der Waals surface area contributed by atoms with Gasteiger partial charge in [-0.15, -0.1) is 0 Å². The summed E-state index contributed by atoms with van der Waals surface area (Å²) >= 11 is 0. The Balaban J connectivity index is 0.846. The number of nitrogens with one attached hydrogen (secondary N) is 1. The van der Waals surface area contributed by atoms with E-state index in [1.54, 1.807) is 30.1 Å². The number of likely N-dealkylation sites (tertiary alicyclic amines) is 1. The van der Waals surface area contributed by atoms with Gasteiger partial charge in [-0.25, -0.2) is 13.6 Å². The number of aryl methyl sites for hydroxylation is 2. The summed E-state index contributed by atoms with van der Waals surface area (Å²) in [6.07, 6.45) is 8.00. The van der Waals surface area contributed by atoms with Crippen LogP contribution in [-0.2, 0) is 52.1 Å². The molecule has 5 aliphatic rings. The van der Waals surface area contributed by atoms with Crippen LogP contribution in [0.2, 0.25) is 0 Å². The SMILES string of the molecule is CC(=O)N1CCc2c(c(N3CCCc4cc(-c5cn(CC(=O)N6CCC(c7ccc8c(N9CCC(=O)NC9=O)nn(C)c8c7)CC6)c6ccncc56)c(C(F)F)cc43)nn2C2CCOCC2)C1. The molecule has 348 valence electrons. The highest BCUT2D eigenvalue weighted by atomic mass is 19.3. The average Bonchev–Trinajstić information content (AvgIpc) is 4.01. The normalized spacial score (nSPS) is 18.6. The molecule has 9 heterocycles. The lowest BCUT2D eigenvalue weighted by molar-refractivity contribution is -0.133. The summed E-state index contributed by atoms with van der Waals surface area (Å²) in [5.74, 6) is 1.11. The molecule has 0 unspecified atom stereocenters. The minimum absolute atomic E-state index is 0.00126. The Morgan fingerprint density at radius 1 is 0.851 bits per heavy atom. The zero-order chi connectivity index (χ0) is 46.1. The molecule has 0 atom stereocenters. The van der Waals surface area contributed by atoms with Crippen LogP contribution in [0.4, 0.5) is 30.9 Å². The van der Waals surface area contributed by atoms with Crippen molar-refractivity contribution in [3.63, 3.8) is 0 Å². The van der Waals surface area contributed by atoms with Crippen molar-refractivity contribution in [1.82, 2.24) is 44.2 Å². The van der Waals surface area contributed by atoms with Gasteiger partial charge in [0.1, 0.15) is 6.54 Å². The molecule has 11 rings (SSSR count). The number of hydrogen-bond acceptors (Lipinski definition) is 9. The van der Waals surface area contributed by atoms with E-state index in [0.717, 1.165) is 76.7 Å². The number of amides is 5. The topological polar surface area (TPSA) is 156 Å². The van der Waals surface area contributed by atoms with Gasteiger partial charge < -0.3 is 24.0 Å². The summed E-state index contributed by atoms with van der Waals surface area (Å²) in [7, 11) is 1.84. The van der Waals surface area contributed by atoms with E-state index < -0.39 is 12.5 Å². The number of alkyl halides is 2. The highest BCUT2D eigenvalue weighted by Crippen LogP contribution is 2.45. The third-order valence-electron chi connectivity index (χ3n) is 14.7. The zero-order valence-electron chi connectivity index (χ0n) is 37.7. The lowest BCUT2D eigenvalue weighted by atomic mass is 9.89. The number of halogens is 2. The number of benzene rings is 2. The quantitative estimate of drug-likeness (QED) is 0.171. The fraction of sp³-hybridized carbons (Fsp3) is 0.449. The van der Waals surface area contributed by atoms with Crippen molar-refractivity contribution in [3.8, 4) is 11.1 Å². The molecular weight excluding hydrogens is 861 g/mol. The molecule has 0 bridgehead atoms. The molecule has 16 nitrogen and oxygen atoms in total. The van der Waals surface area contributed by atoms with E-state index in [4.69, 9.17) is 9.84 Å². The minimum atomic E-state index is -2.78. The first-order chi connectivity index (χ1) is 32.5. The number of carbonyl (C=O) groups excluding carboxylic acids is 4. The molecule has 0 saturated carbocycles. The van der Waals surface area contributed by atoms with Gasteiger partial charge in [0.15, 0.2) is 11.6 Å². The first-order valence-electron chi connectivity index (χ1n) is 23.5. The Morgan fingerprint density at radius 3 is 2.45 bits per heavy atom. The molecule has 0 spiro atoms. The largest absolute Gasteiger partial charge is 0.381 e. The highest BCUT2D eigenvalue weighted by molar-refractivity contribution is 6.09. The summed E-state index contributed by atoms with van der Waals surface area (Å²) in [5.41, 5.74) is 7.43. The van der Waals surface area contributed by atoms with E-state index in [2.05, 4.69) is 37.1 Å². The van der Waals surface area contributed by atoms with E-state index in [0.29, 0.717) is 86.8 Å². The van der Waals surface area contributed by atoms with Gasteiger partial charge in [0.2, 0.25) is 17.7 Å². The fourth-order valence-electron chi connectivity index (χ4n) is 11.1. The number of piperidine rings is 1. The summed E-state index contributed by atoms with van der Waals surface area (Å²) < 4.78 is 42.4. The van der Waals surface area contributed by atoms with Gasteiger partial charge in [0.05, 0.1) is 23.6 Å². The number of ether oxygens (including phenoxy) is 1. The second kappa shape index (κ2) is 17.2. The van der Waals surface area contributed by atoms with Gasteiger partial charge in [0, 0.05) is 130 Å². The molecule has 6 aromatic rings. The van der Waals surface area contributed by atoms with Crippen LogP contribution < -0.4 is 15.1 Å². The van der Waals surface area contributed by atoms with E-state index in [1.165, 1.54) is 4.90 Å². The van der Waals surface area contributed by atoms with Crippen molar-refractivity contribution in [3.05, 3.63) is 82.9 Å². The van der Waals surface area contributed by atoms with Gasteiger partial charge in [-0.3, -0.25) is 38.9 Å². The maximum absolute atomic E-state index is 15.5. The summed E-state index contributed by atoms with van der Waals surface area (Å²) in [5, 5.41) is 13.8. The van der Waals surface area contributed by atoms with Crippen LogP contribution >= 0.6 is 0 Å². The number of anilines is 3. The molecular formula is C49H53F2N11O5. The van der Waals surface area contributed by atoms with Gasteiger partial charge in [-0.05, 0) is 91.5 Å². The molecule has 2 aromatic carbocycles. The molecule has 5 amide bonds. The van der Waals surface area contributed by atoms with Crippen LogP contribution in [0.15, 0.2) is 55.0 Å². The number of aromatic nitrogens is 6. The minimum Gasteiger partial charge on any atom is -0.381 e. The number of hydrogen-bond donors (Lipinski definition) is 1. The van der Waals surface area contributed by atoms with E-state index in [9.17, 15) is 19.2 Å². The Labute approximate surface area is 385 Å². The van der Waals surface area contributed by atoms with Crippen molar-refractivity contribution >= 4 is 62.9 Å². The molecule has 5 aliphatic heterocycles. The molecule has 0 aliphatic carbocycles. The third kappa shape index (κ3) is 7.68. The predicted octanol–water partition coefficient (Wildman–Crippen LogP) is 6.92. The number of imide groups is 1. The van der Waals surface area contributed by atoms with Crippen LogP contribution in [0.5, 0.6) is 0 Å². The van der Waals surface area contributed by atoms with Crippen molar-refractivity contribution < 1.29 is 32.7 Å². The fourth-order valence-corrected chi connectivity index (χ4v) is 11.1. The van der Waals surface area contributed by atoms with Gasteiger partial charge in [-0.1, -0.05) is 6.07 Å². The van der Waals surface area contributed by atoms with Crippen molar-refractivity contribution in [2.24, 2.45) is 7.05 Å².